The Kier molecular flexibility index (Phi) is 5.17. The molecule has 1 aliphatic carbocycles. The van der Waals surface area contributed by atoms with Gasteiger partial charge in [-0.2, -0.15) is 0 Å². The smallest absolute Gasteiger partial charge is 0.126 e. The second-order valence-electron chi connectivity index (χ2n) is 6.83. The van der Waals surface area contributed by atoms with E-state index in [1.54, 1.807) is 6.07 Å². The quantitative estimate of drug-likeness (QED) is 0.821. The highest BCUT2D eigenvalue weighted by atomic mass is 19.1. The number of halogens is 1. The molecular weight excluding hydrogens is 253 g/mol. The second-order valence-corrected chi connectivity index (χ2v) is 6.83. The molecule has 1 N–H and O–H groups in total. The van der Waals surface area contributed by atoms with E-state index in [2.05, 4.69) is 26.1 Å². The predicted octanol–water partition coefficient (Wildman–Crippen LogP) is 3.72. The number of benzene rings is 1. The number of ether oxygens (including phenoxy) is 1. The van der Waals surface area contributed by atoms with Crippen molar-refractivity contribution in [1.29, 1.82) is 0 Å². The molecule has 1 aromatic carbocycles. The lowest BCUT2D eigenvalue weighted by molar-refractivity contribution is 0.108. The summed E-state index contributed by atoms with van der Waals surface area (Å²) in [5.41, 5.74) is 0.778. The summed E-state index contributed by atoms with van der Waals surface area (Å²) in [7, 11) is 0. The van der Waals surface area contributed by atoms with Gasteiger partial charge in [-0.3, -0.25) is 0 Å². The van der Waals surface area contributed by atoms with Crippen LogP contribution in [0.25, 0.3) is 0 Å². The minimum Gasteiger partial charge on any atom is -0.380 e. The molecule has 0 heterocycles. The molecule has 112 valence electrons. The van der Waals surface area contributed by atoms with Crippen molar-refractivity contribution < 1.29 is 9.13 Å². The van der Waals surface area contributed by atoms with Crippen LogP contribution < -0.4 is 5.32 Å². The van der Waals surface area contributed by atoms with Gasteiger partial charge in [0.15, 0.2) is 0 Å². The topological polar surface area (TPSA) is 21.3 Å². The lowest BCUT2D eigenvalue weighted by atomic mass is 9.97. The third-order valence-corrected chi connectivity index (χ3v) is 3.59. The molecule has 0 aromatic heterocycles. The van der Waals surface area contributed by atoms with Gasteiger partial charge in [0.25, 0.3) is 0 Å². The molecule has 20 heavy (non-hydrogen) atoms. The van der Waals surface area contributed by atoms with E-state index in [1.165, 1.54) is 18.9 Å². The van der Waals surface area contributed by atoms with Gasteiger partial charge < -0.3 is 10.1 Å². The number of hydrogen-bond acceptors (Lipinski definition) is 2. The van der Waals surface area contributed by atoms with Crippen LogP contribution in [0.2, 0.25) is 0 Å². The summed E-state index contributed by atoms with van der Waals surface area (Å²) in [6.45, 7) is 8.50. The Hall–Kier alpha value is -0.930. The van der Waals surface area contributed by atoms with Crippen LogP contribution in [0, 0.1) is 11.7 Å². The first-order chi connectivity index (χ1) is 9.46. The fraction of sp³-hybridized carbons (Fsp3) is 0.647. The summed E-state index contributed by atoms with van der Waals surface area (Å²) >= 11 is 0. The third kappa shape index (κ3) is 5.22. The maximum Gasteiger partial charge on any atom is 0.126 e. The summed E-state index contributed by atoms with van der Waals surface area (Å²) in [4.78, 5) is 0. The van der Waals surface area contributed by atoms with Crippen LogP contribution in [0.1, 0.15) is 45.1 Å². The Bertz CT molecular complexity index is 423. The van der Waals surface area contributed by atoms with Crippen molar-refractivity contribution in [2.75, 3.05) is 19.8 Å². The van der Waals surface area contributed by atoms with Crippen molar-refractivity contribution in [3.05, 3.63) is 35.6 Å². The number of hydrogen-bond donors (Lipinski definition) is 1. The zero-order chi connectivity index (χ0) is 14.6. The Balaban J connectivity index is 1.96. The molecule has 2 nitrogen and oxygen atoms in total. The molecule has 1 atom stereocenters. The van der Waals surface area contributed by atoms with E-state index >= 15 is 0 Å². The highest BCUT2D eigenvalue weighted by Gasteiger charge is 2.23. The molecule has 0 spiro atoms. The Morgan fingerprint density at radius 2 is 2.00 bits per heavy atom. The molecule has 0 aliphatic heterocycles. The number of rotatable bonds is 7. The van der Waals surface area contributed by atoms with Gasteiger partial charge in [-0.15, -0.1) is 0 Å². The Labute approximate surface area is 121 Å². The highest BCUT2D eigenvalue weighted by molar-refractivity contribution is 5.22. The van der Waals surface area contributed by atoms with Gasteiger partial charge in [-0.1, -0.05) is 18.2 Å². The largest absolute Gasteiger partial charge is 0.380 e. The van der Waals surface area contributed by atoms with Gasteiger partial charge in [0.2, 0.25) is 0 Å². The maximum atomic E-state index is 14.0. The van der Waals surface area contributed by atoms with Crippen LogP contribution >= 0.6 is 0 Å². The lowest BCUT2D eigenvalue weighted by Crippen LogP contribution is -2.39. The van der Waals surface area contributed by atoms with Gasteiger partial charge in [-0.05, 0) is 51.2 Å². The van der Waals surface area contributed by atoms with Gasteiger partial charge in [0.1, 0.15) is 5.82 Å². The monoisotopic (exact) mass is 279 g/mol. The van der Waals surface area contributed by atoms with E-state index in [-0.39, 0.29) is 17.3 Å². The van der Waals surface area contributed by atoms with Crippen molar-refractivity contribution in [2.24, 2.45) is 5.92 Å². The summed E-state index contributed by atoms with van der Waals surface area (Å²) < 4.78 is 19.8. The molecule has 0 radical (unpaired) electrons. The van der Waals surface area contributed by atoms with E-state index < -0.39 is 0 Å². The maximum absolute atomic E-state index is 14.0. The highest BCUT2D eigenvalue weighted by Crippen LogP contribution is 2.29. The van der Waals surface area contributed by atoms with Crippen LogP contribution in [0.15, 0.2) is 24.3 Å². The molecule has 0 amide bonds. The first-order valence-corrected chi connectivity index (χ1v) is 7.53. The van der Waals surface area contributed by atoms with Gasteiger partial charge >= 0.3 is 0 Å². The molecule has 3 heteroatoms. The van der Waals surface area contributed by atoms with Crippen molar-refractivity contribution in [1.82, 2.24) is 5.32 Å². The molecule has 0 saturated heterocycles. The first-order valence-electron chi connectivity index (χ1n) is 7.53. The normalized spacial score (nSPS) is 17.2. The van der Waals surface area contributed by atoms with Gasteiger partial charge in [0, 0.05) is 24.6 Å². The standard InChI is InChI=1S/C17H26FNO/c1-17(2,3)19-10-14(12-20-11-13-8-9-13)15-6-4-5-7-16(15)18/h4-7,13-14,19H,8-12H2,1-3H3. The molecule has 1 saturated carbocycles. The molecule has 2 rings (SSSR count). The van der Waals surface area contributed by atoms with Crippen molar-refractivity contribution in [2.45, 2.75) is 45.1 Å². The third-order valence-electron chi connectivity index (χ3n) is 3.59. The summed E-state index contributed by atoms with van der Waals surface area (Å²) in [5.74, 6) is 0.671. The van der Waals surface area contributed by atoms with E-state index in [4.69, 9.17) is 4.74 Å². The van der Waals surface area contributed by atoms with Crippen LogP contribution in [-0.2, 0) is 4.74 Å². The van der Waals surface area contributed by atoms with Crippen LogP contribution in [0.3, 0.4) is 0 Å². The average Bonchev–Trinajstić information content (AvgIpc) is 3.17. The average molecular weight is 279 g/mol. The number of nitrogens with one attached hydrogen (secondary N) is 1. The summed E-state index contributed by atoms with van der Waals surface area (Å²) in [5, 5.41) is 3.45. The summed E-state index contributed by atoms with van der Waals surface area (Å²) in [6.07, 6.45) is 2.56. The van der Waals surface area contributed by atoms with Gasteiger partial charge in [0.05, 0.1) is 6.61 Å². The van der Waals surface area contributed by atoms with E-state index in [9.17, 15) is 4.39 Å². The SMILES string of the molecule is CC(C)(C)NCC(COCC1CC1)c1ccccc1F. The zero-order valence-electron chi connectivity index (χ0n) is 12.8. The predicted molar refractivity (Wildman–Crippen MR) is 80.4 cm³/mol. The van der Waals surface area contributed by atoms with Gasteiger partial charge in [-0.25, -0.2) is 4.39 Å². The molecule has 1 fully saturated rings. The Morgan fingerprint density at radius 1 is 1.30 bits per heavy atom. The molecule has 1 aliphatic rings. The van der Waals surface area contributed by atoms with Crippen molar-refractivity contribution in [3.8, 4) is 0 Å². The van der Waals surface area contributed by atoms with E-state index in [0.29, 0.717) is 6.61 Å². The molecule has 0 bridgehead atoms. The second kappa shape index (κ2) is 6.68. The fourth-order valence-corrected chi connectivity index (χ4v) is 2.16. The minimum absolute atomic E-state index is 0.0278. The molecule has 1 aromatic rings. The summed E-state index contributed by atoms with van der Waals surface area (Å²) in [6, 6.07) is 7.02. The van der Waals surface area contributed by atoms with Crippen LogP contribution in [0.5, 0.6) is 0 Å². The Morgan fingerprint density at radius 3 is 2.60 bits per heavy atom. The van der Waals surface area contributed by atoms with E-state index in [1.807, 2.05) is 12.1 Å². The van der Waals surface area contributed by atoms with E-state index in [0.717, 1.165) is 24.6 Å². The minimum atomic E-state index is -0.136. The molecular formula is C17H26FNO. The van der Waals surface area contributed by atoms with Crippen molar-refractivity contribution in [3.63, 3.8) is 0 Å². The molecule has 1 unspecified atom stereocenters. The van der Waals surface area contributed by atoms with Crippen molar-refractivity contribution >= 4 is 0 Å². The fourth-order valence-electron chi connectivity index (χ4n) is 2.16. The van der Waals surface area contributed by atoms with Crippen LogP contribution in [-0.4, -0.2) is 25.3 Å². The lowest BCUT2D eigenvalue weighted by Gasteiger charge is -2.26. The van der Waals surface area contributed by atoms with Crippen LogP contribution in [0.4, 0.5) is 4.39 Å². The first kappa shape index (κ1) is 15.5. The zero-order valence-corrected chi connectivity index (χ0v) is 12.8.